The van der Waals surface area contributed by atoms with Gasteiger partial charge in [-0.2, -0.15) is 0 Å². The summed E-state index contributed by atoms with van der Waals surface area (Å²) in [4.78, 5) is 2.48. The first-order chi connectivity index (χ1) is 6.18. The van der Waals surface area contributed by atoms with Gasteiger partial charge in [0.2, 0.25) is 0 Å². The van der Waals surface area contributed by atoms with Crippen LogP contribution in [0.1, 0.15) is 25.0 Å². The van der Waals surface area contributed by atoms with Gasteiger partial charge < -0.3 is 0 Å². The molecule has 0 N–H and O–H groups in total. The summed E-state index contributed by atoms with van der Waals surface area (Å²) in [6.45, 7) is 6.69. The van der Waals surface area contributed by atoms with Gasteiger partial charge in [-0.3, -0.25) is 4.90 Å². The molecule has 1 nitrogen and oxygen atoms in total. The molecule has 13 heavy (non-hydrogen) atoms. The van der Waals surface area contributed by atoms with E-state index in [9.17, 15) is 0 Å². The zero-order valence-electron chi connectivity index (χ0n) is 8.05. The Labute approximate surface area is 87.9 Å². The lowest BCUT2D eigenvalue weighted by Crippen LogP contribution is -2.24. The van der Waals surface area contributed by atoms with Gasteiger partial charge in [-0.05, 0) is 31.0 Å². The molecule has 0 spiro atoms. The van der Waals surface area contributed by atoms with Crippen molar-refractivity contribution >= 4 is 15.9 Å². The molecular formula is C11H14BrN. The largest absolute Gasteiger partial charge is 0.292 e. The second-order valence-electron chi connectivity index (χ2n) is 3.88. The van der Waals surface area contributed by atoms with Crippen molar-refractivity contribution in [2.24, 2.45) is 0 Å². The van der Waals surface area contributed by atoms with Gasteiger partial charge in [0.25, 0.3) is 0 Å². The van der Waals surface area contributed by atoms with Crippen molar-refractivity contribution in [3.63, 3.8) is 0 Å². The number of rotatable bonds is 1. The molecule has 0 unspecified atom stereocenters. The van der Waals surface area contributed by atoms with Gasteiger partial charge in [0, 0.05) is 23.6 Å². The second kappa shape index (κ2) is 3.43. The Morgan fingerprint density at radius 3 is 2.69 bits per heavy atom. The Kier molecular flexibility index (Phi) is 2.43. The fourth-order valence-corrected chi connectivity index (χ4v) is 2.30. The van der Waals surface area contributed by atoms with E-state index in [1.54, 1.807) is 0 Å². The first-order valence-electron chi connectivity index (χ1n) is 4.69. The van der Waals surface area contributed by atoms with Crippen molar-refractivity contribution in [1.29, 1.82) is 0 Å². The number of halogens is 1. The van der Waals surface area contributed by atoms with E-state index in [4.69, 9.17) is 0 Å². The third-order valence-corrected chi connectivity index (χ3v) is 3.42. The predicted molar refractivity (Wildman–Crippen MR) is 58.5 cm³/mol. The molecule has 0 aromatic heterocycles. The summed E-state index contributed by atoms with van der Waals surface area (Å²) in [5.41, 5.74) is 2.94. The molecule has 1 aliphatic rings. The Balaban J connectivity index is 2.30. The molecule has 2 rings (SSSR count). The molecule has 0 saturated heterocycles. The van der Waals surface area contributed by atoms with Crippen LogP contribution in [0.4, 0.5) is 0 Å². The lowest BCUT2D eigenvalue weighted by Gasteiger charge is -2.19. The van der Waals surface area contributed by atoms with E-state index in [0.717, 1.165) is 13.1 Å². The molecule has 0 fully saturated rings. The molecule has 1 heterocycles. The van der Waals surface area contributed by atoms with Gasteiger partial charge in [-0.1, -0.05) is 28.1 Å². The van der Waals surface area contributed by atoms with E-state index in [2.05, 4.69) is 52.9 Å². The summed E-state index contributed by atoms with van der Waals surface area (Å²) < 4.78 is 1.26. The summed E-state index contributed by atoms with van der Waals surface area (Å²) >= 11 is 3.60. The van der Waals surface area contributed by atoms with Crippen LogP contribution in [0.2, 0.25) is 0 Å². The van der Waals surface area contributed by atoms with Crippen molar-refractivity contribution in [2.45, 2.75) is 33.0 Å². The summed E-state index contributed by atoms with van der Waals surface area (Å²) in [6, 6.07) is 7.11. The van der Waals surface area contributed by atoms with Crippen LogP contribution in [-0.4, -0.2) is 10.9 Å². The topological polar surface area (TPSA) is 3.24 Å². The van der Waals surface area contributed by atoms with Crippen molar-refractivity contribution in [3.8, 4) is 0 Å². The van der Waals surface area contributed by atoms with E-state index in [0.29, 0.717) is 6.04 Å². The Bertz CT molecular complexity index is 320. The summed E-state index contributed by atoms with van der Waals surface area (Å²) in [5.74, 6) is 0. The second-order valence-corrected chi connectivity index (χ2v) is 4.73. The van der Waals surface area contributed by atoms with Gasteiger partial charge in [0.15, 0.2) is 0 Å². The van der Waals surface area contributed by atoms with Crippen LogP contribution in [0.5, 0.6) is 0 Å². The predicted octanol–water partition coefficient (Wildman–Crippen LogP) is 3.17. The van der Waals surface area contributed by atoms with Crippen LogP contribution in [0.15, 0.2) is 22.7 Å². The summed E-state index contributed by atoms with van der Waals surface area (Å²) in [5, 5.41) is 0. The fraction of sp³-hybridized carbons (Fsp3) is 0.455. The molecule has 0 amide bonds. The van der Waals surface area contributed by atoms with Crippen LogP contribution in [0, 0.1) is 0 Å². The van der Waals surface area contributed by atoms with Gasteiger partial charge in [-0.25, -0.2) is 0 Å². The molecule has 0 aliphatic carbocycles. The zero-order chi connectivity index (χ0) is 9.42. The van der Waals surface area contributed by atoms with Crippen LogP contribution in [-0.2, 0) is 13.1 Å². The minimum absolute atomic E-state index is 0.638. The molecule has 0 saturated carbocycles. The zero-order valence-corrected chi connectivity index (χ0v) is 9.63. The van der Waals surface area contributed by atoms with E-state index in [-0.39, 0.29) is 0 Å². The minimum Gasteiger partial charge on any atom is -0.292 e. The highest BCUT2D eigenvalue weighted by atomic mass is 79.9. The smallest absolute Gasteiger partial charge is 0.0254 e. The fourth-order valence-electron chi connectivity index (χ4n) is 1.77. The molecule has 2 heteroatoms. The number of hydrogen-bond donors (Lipinski definition) is 0. The maximum atomic E-state index is 3.60. The molecule has 0 radical (unpaired) electrons. The lowest BCUT2D eigenvalue weighted by molar-refractivity contribution is 0.227. The highest BCUT2D eigenvalue weighted by Gasteiger charge is 2.21. The standard InChI is InChI=1S/C11H14BrN/c1-8(2)13-6-9-4-3-5-11(12)10(9)7-13/h3-5,8H,6-7H2,1-2H3. The molecule has 0 bridgehead atoms. The number of fused-ring (bicyclic) bond motifs is 1. The van der Waals surface area contributed by atoms with E-state index in [1.807, 2.05) is 0 Å². The van der Waals surface area contributed by atoms with E-state index < -0.39 is 0 Å². The molecule has 1 aromatic carbocycles. The average Bonchev–Trinajstić information content (AvgIpc) is 2.49. The summed E-state index contributed by atoms with van der Waals surface area (Å²) in [6.07, 6.45) is 0. The molecule has 1 aliphatic heterocycles. The van der Waals surface area contributed by atoms with Gasteiger partial charge >= 0.3 is 0 Å². The van der Waals surface area contributed by atoms with Crippen molar-refractivity contribution in [2.75, 3.05) is 0 Å². The summed E-state index contributed by atoms with van der Waals surface area (Å²) in [7, 11) is 0. The molecule has 1 aromatic rings. The normalized spacial score (nSPS) is 16.6. The minimum atomic E-state index is 0.638. The van der Waals surface area contributed by atoms with E-state index in [1.165, 1.54) is 15.6 Å². The maximum absolute atomic E-state index is 3.60. The molecule has 0 atom stereocenters. The van der Waals surface area contributed by atoms with Gasteiger partial charge in [0.05, 0.1) is 0 Å². The Morgan fingerprint density at radius 1 is 1.31 bits per heavy atom. The van der Waals surface area contributed by atoms with E-state index >= 15 is 0 Å². The van der Waals surface area contributed by atoms with Crippen molar-refractivity contribution in [1.82, 2.24) is 4.90 Å². The van der Waals surface area contributed by atoms with Crippen LogP contribution < -0.4 is 0 Å². The highest BCUT2D eigenvalue weighted by molar-refractivity contribution is 9.10. The van der Waals surface area contributed by atoms with Crippen LogP contribution >= 0.6 is 15.9 Å². The number of hydrogen-bond acceptors (Lipinski definition) is 1. The maximum Gasteiger partial charge on any atom is 0.0254 e. The van der Waals surface area contributed by atoms with Gasteiger partial charge in [-0.15, -0.1) is 0 Å². The SMILES string of the molecule is CC(C)N1Cc2cccc(Br)c2C1. The molecule has 70 valence electrons. The van der Waals surface area contributed by atoms with Crippen LogP contribution in [0.25, 0.3) is 0 Å². The quantitative estimate of drug-likeness (QED) is 0.728. The lowest BCUT2D eigenvalue weighted by atomic mass is 10.1. The monoisotopic (exact) mass is 239 g/mol. The van der Waals surface area contributed by atoms with Crippen molar-refractivity contribution in [3.05, 3.63) is 33.8 Å². The average molecular weight is 240 g/mol. The highest BCUT2D eigenvalue weighted by Crippen LogP contribution is 2.30. The number of nitrogens with zero attached hydrogens (tertiary/aromatic N) is 1. The van der Waals surface area contributed by atoms with Crippen LogP contribution in [0.3, 0.4) is 0 Å². The third-order valence-electron chi connectivity index (χ3n) is 2.68. The number of benzene rings is 1. The third kappa shape index (κ3) is 1.65. The Morgan fingerprint density at radius 2 is 2.08 bits per heavy atom. The van der Waals surface area contributed by atoms with Crippen molar-refractivity contribution < 1.29 is 0 Å². The first kappa shape index (κ1) is 9.22. The Hall–Kier alpha value is -0.340. The van der Waals surface area contributed by atoms with Gasteiger partial charge in [0.1, 0.15) is 0 Å². The first-order valence-corrected chi connectivity index (χ1v) is 5.48. The molecular weight excluding hydrogens is 226 g/mol.